The fourth-order valence-electron chi connectivity index (χ4n) is 3.76. The molecule has 32 heavy (non-hydrogen) atoms. The summed E-state index contributed by atoms with van der Waals surface area (Å²) in [5, 5.41) is 14.9. The minimum Gasteiger partial charge on any atom is -0.384 e. The third-order valence-electron chi connectivity index (χ3n) is 5.27. The van der Waals surface area contributed by atoms with Crippen molar-refractivity contribution in [3.63, 3.8) is 0 Å². The molecular weight excluding hydrogens is 452 g/mol. The Morgan fingerprint density at radius 3 is 2.72 bits per heavy atom. The number of nitrogens with one attached hydrogen (secondary N) is 2. The summed E-state index contributed by atoms with van der Waals surface area (Å²) in [4.78, 5) is 28.4. The zero-order valence-electron chi connectivity index (χ0n) is 17.3. The molecule has 0 aromatic carbocycles. The molecule has 0 aliphatic heterocycles. The van der Waals surface area contributed by atoms with Crippen molar-refractivity contribution in [1.29, 1.82) is 0 Å². The highest BCUT2D eigenvalue weighted by atomic mass is 35.5. The van der Waals surface area contributed by atoms with E-state index < -0.39 is 6.03 Å². The van der Waals surface area contributed by atoms with Crippen LogP contribution in [0.3, 0.4) is 0 Å². The van der Waals surface area contributed by atoms with E-state index in [9.17, 15) is 4.79 Å². The number of ether oxygens (including phenoxy) is 1. The zero-order chi connectivity index (χ0) is 22.3. The number of rotatable bonds is 6. The van der Waals surface area contributed by atoms with Gasteiger partial charge in [-0.1, -0.05) is 22.9 Å². The molecule has 1 saturated carbocycles. The number of amides is 2. The van der Waals surface area contributed by atoms with E-state index in [1.54, 1.807) is 19.4 Å². The van der Waals surface area contributed by atoms with E-state index in [2.05, 4.69) is 35.8 Å². The second-order valence-electron chi connectivity index (χ2n) is 7.57. The number of aromatic nitrogens is 6. The number of carbonyl (C=O) groups is 1. The van der Waals surface area contributed by atoms with E-state index >= 15 is 0 Å². The lowest BCUT2D eigenvalue weighted by Crippen LogP contribution is -2.24. The summed E-state index contributed by atoms with van der Waals surface area (Å²) in [5.41, 5.74) is 2.68. The lowest BCUT2D eigenvalue weighted by molar-refractivity contribution is 0.172. The summed E-state index contributed by atoms with van der Waals surface area (Å²) in [6.07, 6.45) is 8.16. The number of methoxy groups -OCH3 is 1. The molecule has 1 fully saturated rings. The molecule has 0 radical (unpaired) electrons. The van der Waals surface area contributed by atoms with Gasteiger partial charge < -0.3 is 15.4 Å². The van der Waals surface area contributed by atoms with Crippen LogP contribution in [-0.2, 0) is 10.2 Å². The highest BCUT2D eigenvalue weighted by molar-refractivity contribution is 7.18. The molecule has 0 atom stereocenters. The summed E-state index contributed by atoms with van der Waals surface area (Å²) in [5.74, 6) is 0.369. The van der Waals surface area contributed by atoms with E-state index in [0.29, 0.717) is 28.8 Å². The maximum absolute atomic E-state index is 12.8. The molecule has 0 bridgehead atoms. The van der Waals surface area contributed by atoms with Gasteiger partial charge in [-0.05, 0) is 25.8 Å². The van der Waals surface area contributed by atoms with E-state index in [1.165, 1.54) is 34.7 Å². The number of fused-ring (bicyclic) bond motifs is 1. The molecular formula is C20H19ClN8O2S. The summed E-state index contributed by atoms with van der Waals surface area (Å²) in [6, 6.07) is 1.15. The van der Waals surface area contributed by atoms with Crippen LogP contribution in [0, 0.1) is 6.92 Å². The Hall–Kier alpha value is -3.15. The molecule has 10 nitrogen and oxygen atoms in total. The Morgan fingerprint density at radius 2 is 2.03 bits per heavy atom. The number of halogens is 1. The van der Waals surface area contributed by atoms with Crippen LogP contribution >= 0.6 is 22.9 Å². The smallest absolute Gasteiger partial charge is 0.323 e. The van der Waals surface area contributed by atoms with Crippen molar-refractivity contribution >= 4 is 50.7 Å². The molecule has 1 aliphatic rings. The first-order valence-corrected chi connectivity index (χ1v) is 11.0. The molecule has 164 valence electrons. The Kier molecular flexibility index (Phi) is 5.24. The number of hydrogen-bond donors (Lipinski definition) is 2. The van der Waals surface area contributed by atoms with Crippen LogP contribution in [-0.4, -0.2) is 49.7 Å². The van der Waals surface area contributed by atoms with Gasteiger partial charge >= 0.3 is 6.03 Å². The number of aryl methyl sites for hydroxylation is 1. The molecule has 1 aliphatic carbocycles. The molecule has 2 N–H and O–H groups in total. The topological polar surface area (TPSA) is 120 Å². The van der Waals surface area contributed by atoms with Crippen molar-refractivity contribution in [3.8, 4) is 5.82 Å². The molecule has 4 heterocycles. The van der Waals surface area contributed by atoms with Crippen LogP contribution in [0.15, 0.2) is 30.9 Å². The predicted octanol–water partition coefficient (Wildman–Crippen LogP) is 3.95. The number of nitrogens with zero attached hydrogens (tertiary/aromatic N) is 6. The highest BCUT2D eigenvalue weighted by Gasteiger charge is 2.48. The minimum atomic E-state index is -0.435. The first kappa shape index (κ1) is 20.7. The van der Waals surface area contributed by atoms with Crippen molar-refractivity contribution in [2.45, 2.75) is 25.2 Å². The molecule has 0 saturated heterocycles. The van der Waals surface area contributed by atoms with E-state index in [4.69, 9.17) is 16.3 Å². The third-order valence-corrected chi connectivity index (χ3v) is 6.43. The van der Waals surface area contributed by atoms with E-state index in [1.807, 2.05) is 6.92 Å². The maximum atomic E-state index is 12.8. The van der Waals surface area contributed by atoms with E-state index in [0.717, 1.165) is 33.8 Å². The Morgan fingerprint density at radius 1 is 1.25 bits per heavy atom. The summed E-state index contributed by atoms with van der Waals surface area (Å²) in [7, 11) is 1.68. The minimum absolute atomic E-state index is 0.164. The molecule has 4 aromatic heterocycles. The Bertz CT molecular complexity index is 1300. The average Bonchev–Trinajstić information content (AvgIpc) is 3.15. The molecule has 5 rings (SSSR count). The van der Waals surface area contributed by atoms with Gasteiger partial charge in [-0.2, -0.15) is 10.2 Å². The Balaban J connectivity index is 1.41. The first-order chi connectivity index (χ1) is 15.5. The number of thiazole rings is 1. The molecule has 4 aromatic rings. The monoisotopic (exact) mass is 470 g/mol. The van der Waals surface area contributed by atoms with Gasteiger partial charge in [0.05, 0.1) is 52.8 Å². The normalized spacial score (nSPS) is 14.5. The standard InChI is InChI=1S/C20H19ClN8O2S/c1-11-26-16-15(20(3-4-20)10-31-2)14(9-23-18(16)32-11)28-19(30)27-12-7-13(21)17(22-8-12)29-24-5-6-25-29/h5-9H,3-4,10H2,1-2H3,(H2,27,28,30). The lowest BCUT2D eigenvalue weighted by atomic mass is 9.95. The van der Waals surface area contributed by atoms with Crippen molar-refractivity contribution in [2.75, 3.05) is 24.4 Å². The number of hydrogen-bond acceptors (Lipinski definition) is 8. The second-order valence-corrected chi connectivity index (χ2v) is 9.16. The first-order valence-electron chi connectivity index (χ1n) is 9.85. The number of urea groups is 1. The van der Waals surface area contributed by atoms with Crippen molar-refractivity contribution in [1.82, 2.24) is 29.9 Å². The van der Waals surface area contributed by atoms with Crippen molar-refractivity contribution < 1.29 is 9.53 Å². The lowest BCUT2D eigenvalue weighted by Gasteiger charge is -2.19. The van der Waals surface area contributed by atoms with Crippen LogP contribution in [0.4, 0.5) is 16.2 Å². The van der Waals surface area contributed by atoms with Crippen LogP contribution in [0.25, 0.3) is 16.2 Å². The number of carbonyl (C=O) groups excluding carboxylic acids is 1. The van der Waals surface area contributed by atoms with Crippen molar-refractivity contribution in [3.05, 3.63) is 46.4 Å². The van der Waals surface area contributed by atoms with Crippen LogP contribution in [0.2, 0.25) is 5.02 Å². The fraction of sp³-hybridized carbons (Fsp3) is 0.300. The van der Waals surface area contributed by atoms with Crippen molar-refractivity contribution in [2.24, 2.45) is 0 Å². The summed E-state index contributed by atoms with van der Waals surface area (Å²) in [6.45, 7) is 2.51. The predicted molar refractivity (Wildman–Crippen MR) is 122 cm³/mol. The van der Waals surface area contributed by atoms with E-state index in [-0.39, 0.29) is 5.41 Å². The third kappa shape index (κ3) is 3.78. The summed E-state index contributed by atoms with van der Waals surface area (Å²) >= 11 is 7.83. The number of anilines is 2. The molecule has 12 heteroatoms. The summed E-state index contributed by atoms with van der Waals surface area (Å²) < 4.78 is 5.48. The zero-order valence-corrected chi connectivity index (χ0v) is 18.9. The molecule has 0 spiro atoms. The fourth-order valence-corrected chi connectivity index (χ4v) is 4.77. The maximum Gasteiger partial charge on any atom is 0.323 e. The number of pyridine rings is 2. The van der Waals surface area contributed by atoms with Gasteiger partial charge in [-0.15, -0.1) is 4.80 Å². The van der Waals surface area contributed by atoms with Gasteiger partial charge in [0.15, 0.2) is 5.82 Å². The van der Waals surface area contributed by atoms with Crippen LogP contribution in [0.1, 0.15) is 23.4 Å². The van der Waals surface area contributed by atoms with Gasteiger partial charge in [0.2, 0.25) is 0 Å². The van der Waals surface area contributed by atoms with Crippen LogP contribution < -0.4 is 10.6 Å². The van der Waals surface area contributed by atoms with Gasteiger partial charge in [0, 0.05) is 18.1 Å². The van der Waals surface area contributed by atoms with Gasteiger partial charge in [-0.25, -0.2) is 19.7 Å². The quantitative estimate of drug-likeness (QED) is 0.437. The average molecular weight is 471 g/mol. The highest BCUT2D eigenvalue weighted by Crippen LogP contribution is 2.53. The van der Waals surface area contributed by atoms with Gasteiger partial charge in [-0.3, -0.25) is 0 Å². The Labute approximate surface area is 192 Å². The second kappa shape index (κ2) is 8.08. The largest absolute Gasteiger partial charge is 0.384 e. The molecule has 0 unspecified atom stereocenters. The molecule has 2 amide bonds. The van der Waals surface area contributed by atoms with Crippen LogP contribution in [0.5, 0.6) is 0 Å². The SMILES string of the molecule is COCC1(c2c(NC(=O)Nc3cnc(-n4nccn4)c(Cl)c3)cnc3sc(C)nc23)CC1. The van der Waals surface area contributed by atoms with Gasteiger partial charge in [0.25, 0.3) is 0 Å². The van der Waals surface area contributed by atoms with Gasteiger partial charge in [0.1, 0.15) is 10.3 Å².